The van der Waals surface area contributed by atoms with Crippen LogP contribution in [0.2, 0.25) is 0 Å². The molecule has 1 saturated carbocycles. The van der Waals surface area contributed by atoms with E-state index in [0.29, 0.717) is 18.3 Å². The van der Waals surface area contributed by atoms with Crippen LogP contribution in [0.25, 0.3) is 0 Å². The lowest BCUT2D eigenvalue weighted by Gasteiger charge is -2.33. The number of benzene rings is 1. The molecule has 152 valence electrons. The van der Waals surface area contributed by atoms with Gasteiger partial charge in [-0.3, -0.25) is 9.78 Å². The van der Waals surface area contributed by atoms with Gasteiger partial charge in [-0.2, -0.15) is 0 Å². The molecule has 1 aromatic heterocycles. The highest BCUT2D eigenvalue weighted by Crippen LogP contribution is 2.45. The second-order valence-corrected chi connectivity index (χ2v) is 9.16. The molecule has 0 spiro atoms. The Kier molecular flexibility index (Phi) is 5.36. The summed E-state index contributed by atoms with van der Waals surface area (Å²) in [5.41, 5.74) is 2.31. The van der Waals surface area contributed by atoms with E-state index >= 15 is 0 Å². The molecule has 1 amide bonds. The summed E-state index contributed by atoms with van der Waals surface area (Å²) in [7, 11) is 0. The molecule has 0 N–H and O–H groups in total. The molecule has 1 aliphatic carbocycles. The minimum absolute atomic E-state index is 0.226. The number of pyridine rings is 1. The van der Waals surface area contributed by atoms with E-state index in [0.717, 1.165) is 37.7 Å². The predicted octanol–water partition coefficient (Wildman–Crippen LogP) is 3.95. The van der Waals surface area contributed by atoms with E-state index in [1.165, 1.54) is 31.4 Å². The minimum atomic E-state index is 0.226. The van der Waals surface area contributed by atoms with Gasteiger partial charge in [-0.05, 0) is 48.8 Å². The number of aryl methyl sites for hydroxylation is 1. The normalized spacial score (nSPS) is 27.0. The summed E-state index contributed by atoms with van der Waals surface area (Å²) in [5, 5.41) is 0. The standard InChI is InChI=1S/C25H31N3O/c29-24(13-12-22-11-4-5-14-26-22)28-17-21-16-27(15-19-7-6-8-19)18-23(21)25(28)20-9-2-1-3-10-20/h1-5,9-11,14,19,21,23,25H,6-8,12-13,15-18H2/t21-,23-,25+/m0/s1. The number of amides is 1. The maximum Gasteiger partial charge on any atom is 0.223 e. The number of likely N-dealkylation sites (tertiary alicyclic amines) is 2. The minimum Gasteiger partial charge on any atom is -0.335 e. The third kappa shape index (κ3) is 3.95. The zero-order valence-electron chi connectivity index (χ0n) is 17.1. The molecule has 3 fully saturated rings. The fourth-order valence-corrected chi connectivity index (χ4v) is 5.59. The lowest BCUT2D eigenvalue weighted by Crippen LogP contribution is -2.37. The second-order valence-electron chi connectivity index (χ2n) is 9.16. The summed E-state index contributed by atoms with van der Waals surface area (Å²) in [6.45, 7) is 4.48. The molecular formula is C25H31N3O. The molecule has 4 heteroatoms. The first-order valence-electron chi connectivity index (χ1n) is 11.2. The van der Waals surface area contributed by atoms with E-state index in [4.69, 9.17) is 0 Å². The van der Waals surface area contributed by atoms with Crippen molar-refractivity contribution >= 4 is 5.91 Å². The van der Waals surface area contributed by atoms with Gasteiger partial charge in [0, 0.05) is 50.4 Å². The van der Waals surface area contributed by atoms with Gasteiger partial charge in [-0.15, -0.1) is 0 Å². The highest BCUT2D eigenvalue weighted by Gasteiger charge is 2.49. The SMILES string of the molecule is O=C(CCc1ccccn1)N1C[C@@H]2CN(CC3CCC3)C[C@@H]2[C@H]1c1ccccc1. The van der Waals surface area contributed by atoms with Gasteiger partial charge in [-0.1, -0.05) is 42.8 Å². The van der Waals surface area contributed by atoms with Gasteiger partial charge in [0.25, 0.3) is 0 Å². The van der Waals surface area contributed by atoms with Crippen molar-refractivity contribution in [2.24, 2.45) is 17.8 Å². The van der Waals surface area contributed by atoms with E-state index in [1.54, 1.807) is 0 Å². The first-order chi connectivity index (χ1) is 14.3. The number of hydrogen-bond acceptors (Lipinski definition) is 3. The molecule has 5 rings (SSSR count). The van der Waals surface area contributed by atoms with Gasteiger partial charge in [0.05, 0.1) is 6.04 Å². The van der Waals surface area contributed by atoms with Crippen LogP contribution >= 0.6 is 0 Å². The fraction of sp³-hybridized carbons (Fsp3) is 0.520. The van der Waals surface area contributed by atoms with Crippen molar-refractivity contribution in [2.45, 2.75) is 38.1 Å². The Morgan fingerprint density at radius 2 is 1.83 bits per heavy atom. The fourth-order valence-electron chi connectivity index (χ4n) is 5.59. The number of hydrogen-bond donors (Lipinski definition) is 0. The van der Waals surface area contributed by atoms with Crippen LogP contribution in [0.3, 0.4) is 0 Å². The van der Waals surface area contributed by atoms with Crippen LogP contribution in [0.15, 0.2) is 54.7 Å². The summed E-state index contributed by atoms with van der Waals surface area (Å²) < 4.78 is 0. The van der Waals surface area contributed by atoms with E-state index in [9.17, 15) is 4.79 Å². The highest BCUT2D eigenvalue weighted by atomic mass is 16.2. The van der Waals surface area contributed by atoms with Gasteiger partial charge < -0.3 is 9.80 Å². The van der Waals surface area contributed by atoms with E-state index in [2.05, 4.69) is 45.1 Å². The highest BCUT2D eigenvalue weighted by molar-refractivity contribution is 5.77. The largest absolute Gasteiger partial charge is 0.335 e. The quantitative estimate of drug-likeness (QED) is 0.751. The average molecular weight is 390 g/mol. The third-order valence-corrected chi connectivity index (χ3v) is 7.26. The first-order valence-corrected chi connectivity index (χ1v) is 11.2. The summed E-state index contributed by atoms with van der Waals surface area (Å²) in [6, 6.07) is 16.9. The summed E-state index contributed by atoms with van der Waals surface area (Å²) in [6.07, 6.45) is 7.31. The Bertz CT molecular complexity index is 820. The molecule has 0 unspecified atom stereocenters. The monoisotopic (exact) mass is 389 g/mol. The van der Waals surface area contributed by atoms with Crippen LogP contribution in [0, 0.1) is 17.8 Å². The van der Waals surface area contributed by atoms with Gasteiger partial charge in [0.15, 0.2) is 0 Å². The number of carbonyl (C=O) groups excluding carboxylic acids is 1. The predicted molar refractivity (Wildman–Crippen MR) is 114 cm³/mol. The smallest absolute Gasteiger partial charge is 0.223 e. The summed E-state index contributed by atoms with van der Waals surface area (Å²) in [4.78, 5) is 22.5. The molecule has 2 aromatic rings. The van der Waals surface area contributed by atoms with Crippen molar-refractivity contribution in [1.29, 1.82) is 0 Å². The Labute approximate surface area is 173 Å². The molecule has 2 aliphatic heterocycles. The lowest BCUT2D eigenvalue weighted by atomic mass is 9.85. The van der Waals surface area contributed by atoms with Crippen LogP contribution in [0.5, 0.6) is 0 Å². The number of rotatable bonds is 6. The first kappa shape index (κ1) is 18.8. The summed E-state index contributed by atoms with van der Waals surface area (Å²) in [5.74, 6) is 2.37. The van der Waals surface area contributed by atoms with Crippen LogP contribution in [0.1, 0.15) is 43.0 Å². The van der Waals surface area contributed by atoms with Crippen LogP contribution < -0.4 is 0 Å². The van der Waals surface area contributed by atoms with Crippen molar-refractivity contribution in [3.05, 3.63) is 66.0 Å². The number of nitrogens with zero attached hydrogens (tertiary/aromatic N) is 3. The Morgan fingerprint density at radius 1 is 1.00 bits per heavy atom. The number of aromatic nitrogens is 1. The van der Waals surface area contributed by atoms with Crippen LogP contribution in [-0.2, 0) is 11.2 Å². The van der Waals surface area contributed by atoms with Crippen molar-refractivity contribution < 1.29 is 4.79 Å². The third-order valence-electron chi connectivity index (χ3n) is 7.26. The average Bonchev–Trinajstić information content (AvgIpc) is 3.28. The molecule has 2 saturated heterocycles. The van der Waals surface area contributed by atoms with Crippen LogP contribution in [0.4, 0.5) is 0 Å². The molecule has 3 heterocycles. The Hall–Kier alpha value is -2.20. The Balaban J connectivity index is 1.30. The maximum atomic E-state index is 13.2. The number of fused-ring (bicyclic) bond motifs is 1. The van der Waals surface area contributed by atoms with E-state index in [1.807, 2.05) is 24.4 Å². The zero-order chi connectivity index (χ0) is 19.6. The molecule has 3 atom stereocenters. The molecular weight excluding hydrogens is 358 g/mol. The summed E-state index contributed by atoms with van der Waals surface area (Å²) >= 11 is 0. The molecule has 1 aromatic carbocycles. The van der Waals surface area contributed by atoms with Crippen molar-refractivity contribution in [3.63, 3.8) is 0 Å². The number of carbonyl (C=O) groups is 1. The zero-order valence-corrected chi connectivity index (χ0v) is 17.1. The van der Waals surface area contributed by atoms with Gasteiger partial charge >= 0.3 is 0 Å². The Morgan fingerprint density at radius 3 is 2.55 bits per heavy atom. The topological polar surface area (TPSA) is 36.4 Å². The van der Waals surface area contributed by atoms with Gasteiger partial charge in [0.1, 0.15) is 0 Å². The van der Waals surface area contributed by atoms with Gasteiger partial charge in [-0.25, -0.2) is 0 Å². The molecule has 29 heavy (non-hydrogen) atoms. The van der Waals surface area contributed by atoms with Crippen LogP contribution in [-0.4, -0.2) is 46.9 Å². The molecule has 3 aliphatic rings. The molecule has 0 radical (unpaired) electrons. The van der Waals surface area contributed by atoms with Crippen molar-refractivity contribution in [3.8, 4) is 0 Å². The maximum absolute atomic E-state index is 13.2. The molecule has 0 bridgehead atoms. The van der Waals surface area contributed by atoms with Crippen molar-refractivity contribution in [1.82, 2.24) is 14.8 Å². The van der Waals surface area contributed by atoms with E-state index in [-0.39, 0.29) is 11.9 Å². The van der Waals surface area contributed by atoms with Crippen molar-refractivity contribution in [2.75, 3.05) is 26.2 Å². The van der Waals surface area contributed by atoms with E-state index < -0.39 is 0 Å². The lowest BCUT2D eigenvalue weighted by molar-refractivity contribution is -0.132. The second kappa shape index (κ2) is 8.27. The van der Waals surface area contributed by atoms with Gasteiger partial charge in [0.2, 0.25) is 5.91 Å². The molecule has 4 nitrogen and oxygen atoms in total.